The van der Waals surface area contributed by atoms with Crippen molar-refractivity contribution in [2.75, 3.05) is 23.3 Å². The van der Waals surface area contributed by atoms with Crippen molar-refractivity contribution in [3.8, 4) is 11.4 Å². The van der Waals surface area contributed by atoms with Crippen LogP contribution in [0.15, 0.2) is 38.4 Å². The monoisotopic (exact) mass is 394 g/mol. The summed E-state index contributed by atoms with van der Waals surface area (Å²) in [6.45, 7) is 0.840. The van der Waals surface area contributed by atoms with Gasteiger partial charge in [-0.25, -0.2) is 0 Å². The number of alkyl halides is 3. The molecule has 1 aliphatic rings. The van der Waals surface area contributed by atoms with Crippen molar-refractivity contribution in [2.45, 2.75) is 18.8 Å². The van der Waals surface area contributed by atoms with E-state index in [4.69, 9.17) is 0 Å². The molecular formula is C17H13F3N4O4. The van der Waals surface area contributed by atoms with Gasteiger partial charge in [-0.05, 0) is 5.56 Å². The highest BCUT2D eigenvalue weighted by Gasteiger charge is 2.38. The molecule has 1 aromatic heterocycles. The fourth-order valence-corrected chi connectivity index (χ4v) is 2.90. The minimum absolute atomic E-state index is 0.187. The van der Waals surface area contributed by atoms with Crippen LogP contribution < -0.4 is 21.1 Å². The number of hydrogen-bond donors (Lipinski definition) is 2. The average Bonchev–Trinajstić information content (AvgIpc) is 3.13. The summed E-state index contributed by atoms with van der Waals surface area (Å²) in [5.41, 5.74) is 0.354. The zero-order chi connectivity index (χ0) is 20.1. The molecule has 0 amide bonds. The summed E-state index contributed by atoms with van der Waals surface area (Å²) in [5.74, 6) is -1.61. The number of aromatic nitrogens is 2. The number of nitrogens with one attached hydrogen (secondary N) is 1. The van der Waals surface area contributed by atoms with Gasteiger partial charge >= 0.3 is 12.1 Å². The molecule has 11 heteroatoms. The molecule has 2 aromatic carbocycles. The van der Waals surface area contributed by atoms with Gasteiger partial charge < -0.3 is 19.8 Å². The van der Waals surface area contributed by atoms with Crippen LogP contribution in [0.3, 0.4) is 0 Å². The van der Waals surface area contributed by atoms with Gasteiger partial charge in [0.05, 0.1) is 6.10 Å². The lowest BCUT2D eigenvalue weighted by atomic mass is 10.1. The fourth-order valence-electron chi connectivity index (χ4n) is 2.90. The minimum Gasteiger partial charge on any atom is -0.389 e. The topological polar surface area (TPSA) is 109 Å². The molecule has 0 bridgehead atoms. The summed E-state index contributed by atoms with van der Waals surface area (Å²) in [4.78, 5) is 28.4. The van der Waals surface area contributed by atoms with Crippen LogP contribution in [0.4, 0.5) is 24.5 Å². The van der Waals surface area contributed by atoms with Gasteiger partial charge in [-0.15, -0.1) is 0 Å². The van der Waals surface area contributed by atoms with E-state index in [1.54, 1.807) is 17.0 Å². The second kappa shape index (κ2) is 6.44. The lowest BCUT2D eigenvalue weighted by Gasteiger charge is -2.38. The van der Waals surface area contributed by atoms with Gasteiger partial charge in [-0.1, -0.05) is 29.4 Å². The first-order valence-corrected chi connectivity index (χ1v) is 8.24. The third-order valence-corrected chi connectivity index (χ3v) is 4.41. The summed E-state index contributed by atoms with van der Waals surface area (Å²) in [6.07, 6.45) is -5.22. The van der Waals surface area contributed by atoms with E-state index in [1.807, 2.05) is 0 Å². The molecule has 28 heavy (non-hydrogen) atoms. The molecule has 0 spiro atoms. The highest BCUT2D eigenvalue weighted by molar-refractivity contribution is 5.76. The van der Waals surface area contributed by atoms with Gasteiger partial charge in [0, 0.05) is 25.2 Å². The van der Waals surface area contributed by atoms with E-state index >= 15 is 0 Å². The molecule has 1 saturated heterocycles. The van der Waals surface area contributed by atoms with Gasteiger partial charge in [-0.3, -0.25) is 9.59 Å². The van der Waals surface area contributed by atoms with Crippen LogP contribution >= 0.6 is 0 Å². The van der Waals surface area contributed by atoms with Crippen LogP contribution in [0, 0.1) is 0 Å². The molecular weight excluding hydrogens is 381 g/mol. The standard InChI is InChI=1S/C17H13F3N4O4/c18-17(19,20)16-22-15(23-28-16)9-3-1-8(2-4-9)5-21-11-12(14(27)13(11)26)24-6-10(25)7-24/h1-4,10,21,25H,5-7H2. The third kappa shape index (κ3) is 3.13. The Balaban J connectivity index is 1.44. The predicted molar refractivity (Wildman–Crippen MR) is 91.6 cm³/mol. The van der Waals surface area contributed by atoms with E-state index in [-0.39, 0.29) is 23.7 Å². The first kappa shape index (κ1) is 18.2. The highest BCUT2D eigenvalue weighted by atomic mass is 19.4. The number of anilines is 2. The lowest BCUT2D eigenvalue weighted by molar-refractivity contribution is -0.159. The van der Waals surface area contributed by atoms with Crippen LogP contribution in [-0.2, 0) is 12.7 Å². The number of rotatable bonds is 5. The molecule has 8 nitrogen and oxygen atoms in total. The smallest absolute Gasteiger partial charge is 0.389 e. The van der Waals surface area contributed by atoms with E-state index in [0.29, 0.717) is 18.7 Å². The Labute approximate surface area is 154 Å². The van der Waals surface area contributed by atoms with E-state index < -0.39 is 29.0 Å². The van der Waals surface area contributed by atoms with Gasteiger partial charge in [0.2, 0.25) is 5.82 Å². The first-order valence-electron chi connectivity index (χ1n) is 8.24. The van der Waals surface area contributed by atoms with E-state index in [1.165, 1.54) is 12.1 Å². The average molecular weight is 394 g/mol. The molecule has 4 rings (SSSR count). The number of benzene rings is 1. The second-order valence-corrected chi connectivity index (χ2v) is 6.41. The van der Waals surface area contributed by atoms with Crippen molar-refractivity contribution in [3.05, 3.63) is 56.2 Å². The molecule has 3 aromatic rings. The molecule has 146 valence electrons. The SMILES string of the molecule is O=c1c(NCc2ccc(-c3noc(C(F)(F)F)n3)cc2)c(N2CC(O)C2)c1=O. The number of aliphatic hydroxyl groups is 1. The summed E-state index contributed by atoms with van der Waals surface area (Å²) in [7, 11) is 0. The quantitative estimate of drug-likeness (QED) is 0.621. The van der Waals surface area contributed by atoms with Crippen LogP contribution in [0.2, 0.25) is 0 Å². The number of β-amino-alcohol motifs (C(OH)–C–C–N with tert-alkyl or cyclic N) is 1. The van der Waals surface area contributed by atoms with Crippen molar-refractivity contribution in [3.63, 3.8) is 0 Å². The Bertz CT molecular complexity index is 1080. The van der Waals surface area contributed by atoms with Crippen LogP contribution in [-0.4, -0.2) is 34.4 Å². The third-order valence-electron chi connectivity index (χ3n) is 4.41. The summed E-state index contributed by atoms with van der Waals surface area (Å²) in [5, 5.41) is 15.6. The van der Waals surface area contributed by atoms with Crippen molar-refractivity contribution >= 4 is 11.4 Å². The molecule has 2 N–H and O–H groups in total. The molecule has 0 aliphatic carbocycles. The maximum absolute atomic E-state index is 12.5. The molecule has 1 fully saturated rings. The molecule has 0 atom stereocenters. The van der Waals surface area contributed by atoms with Crippen LogP contribution in [0.25, 0.3) is 11.4 Å². The Morgan fingerprint density at radius 1 is 1.18 bits per heavy atom. The van der Waals surface area contributed by atoms with E-state index in [0.717, 1.165) is 5.56 Å². The van der Waals surface area contributed by atoms with Crippen LogP contribution in [0.1, 0.15) is 11.5 Å². The molecule has 0 unspecified atom stereocenters. The minimum atomic E-state index is -4.71. The Morgan fingerprint density at radius 3 is 2.43 bits per heavy atom. The summed E-state index contributed by atoms with van der Waals surface area (Å²) < 4.78 is 41.8. The number of nitrogens with zero attached hydrogens (tertiary/aromatic N) is 3. The molecule has 1 aliphatic heterocycles. The van der Waals surface area contributed by atoms with E-state index in [2.05, 4.69) is 20.0 Å². The predicted octanol–water partition coefficient (Wildman–Crippen LogP) is 1.14. The Morgan fingerprint density at radius 2 is 1.86 bits per heavy atom. The maximum atomic E-state index is 12.5. The zero-order valence-electron chi connectivity index (χ0n) is 14.2. The van der Waals surface area contributed by atoms with Crippen LogP contribution in [0.5, 0.6) is 0 Å². The van der Waals surface area contributed by atoms with Crippen molar-refractivity contribution < 1.29 is 22.8 Å². The zero-order valence-corrected chi connectivity index (χ0v) is 14.2. The van der Waals surface area contributed by atoms with Gasteiger partial charge in [0.1, 0.15) is 11.4 Å². The van der Waals surface area contributed by atoms with Gasteiger partial charge in [-0.2, -0.15) is 18.2 Å². The molecule has 2 heterocycles. The van der Waals surface area contributed by atoms with Crippen molar-refractivity contribution in [2.24, 2.45) is 0 Å². The van der Waals surface area contributed by atoms with Crippen molar-refractivity contribution in [1.82, 2.24) is 10.1 Å². The molecule has 0 radical (unpaired) electrons. The van der Waals surface area contributed by atoms with E-state index in [9.17, 15) is 27.9 Å². The highest BCUT2D eigenvalue weighted by Crippen LogP contribution is 2.29. The van der Waals surface area contributed by atoms with Gasteiger partial charge in [0.15, 0.2) is 0 Å². The Kier molecular flexibility index (Phi) is 4.18. The summed E-state index contributed by atoms with van der Waals surface area (Å²) >= 11 is 0. The molecule has 0 saturated carbocycles. The maximum Gasteiger partial charge on any atom is 0.471 e. The fraction of sp³-hybridized carbons (Fsp3) is 0.294. The number of aliphatic hydroxyl groups excluding tert-OH is 1. The summed E-state index contributed by atoms with van der Waals surface area (Å²) in [6, 6.07) is 6.31. The second-order valence-electron chi connectivity index (χ2n) is 6.41. The first-order chi connectivity index (χ1) is 13.2. The lowest BCUT2D eigenvalue weighted by Crippen LogP contribution is -2.56. The Hall–Kier alpha value is -3.21. The van der Waals surface area contributed by atoms with Crippen molar-refractivity contribution in [1.29, 1.82) is 0 Å². The van der Waals surface area contributed by atoms with Gasteiger partial charge in [0.25, 0.3) is 10.9 Å². The normalized spacial score (nSPS) is 15.1. The largest absolute Gasteiger partial charge is 0.471 e. The number of hydrogen-bond acceptors (Lipinski definition) is 8. The number of halogens is 3.